The number of ether oxygens (including phenoxy) is 2. The van der Waals surface area contributed by atoms with Crippen molar-refractivity contribution in [2.75, 3.05) is 6.61 Å². The summed E-state index contributed by atoms with van der Waals surface area (Å²) in [5, 5.41) is 74.0. The first-order valence-corrected chi connectivity index (χ1v) is 13.7. The lowest BCUT2D eigenvalue weighted by molar-refractivity contribution is -0.259. The number of alkyl halides is 1. The van der Waals surface area contributed by atoms with Crippen molar-refractivity contribution in [3.8, 4) is 11.5 Å². The highest BCUT2D eigenvalue weighted by atomic mass is 127. The molecule has 12 nitrogen and oxygen atoms in total. The van der Waals surface area contributed by atoms with Crippen molar-refractivity contribution in [3.63, 3.8) is 0 Å². The van der Waals surface area contributed by atoms with E-state index in [1.54, 1.807) is 22.6 Å². The fraction of sp³-hybridized carbons (Fsp3) is 0.444. The number of hydrogen-bond acceptors (Lipinski definition) is 12. The van der Waals surface area contributed by atoms with Crippen LogP contribution >= 0.6 is 22.6 Å². The molecule has 1 heterocycles. The highest BCUT2D eigenvalue weighted by molar-refractivity contribution is 14.1. The Labute approximate surface area is 240 Å². The number of aliphatic hydroxyl groups is 5. The fourth-order valence-electron chi connectivity index (χ4n) is 5.72. The molecule has 0 amide bonds. The topological polar surface area (TPSA) is 211 Å². The van der Waals surface area contributed by atoms with Crippen LogP contribution in [0.15, 0.2) is 18.2 Å². The molecular weight excluding hydrogens is 643 g/mol. The molecule has 2 aromatic rings. The first-order chi connectivity index (χ1) is 18.9. The molecule has 1 fully saturated rings. The van der Waals surface area contributed by atoms with Gasteiger partial charge in [0.25, 0.3) is 0 Å². The van der Waals surface area contributed by atoms with Crippen molar-refractivity contribution in [1.82, 2.24) is 0 Å². The van der Waals surface area contributed by atoms with Gasteiger partial charge >= 0.3 is 0 Å². The van der Waals surface area contributed by atoms with Gasteiger partial charge in [0, 0.05) is 35.1 Å². The van der Waals surface area contributed by atoms with Gasteiger partial charge in [0.2, 0.25) is 0 Å². The van der Waals surface area contributed by atoms with Gasteiger partial charge in [0.15, 0.2) is 23.6 Å². The minimum Gasteiger partial charge on any atom is -0.507 e. The smallest absolute Gasteiger partial charge is 0.198 e. The Morgan fingerprint density at radius 3 is 2.40 bits per heavy atom. The van der Waals surface area contributed by atoms with Crippen molar-refractivity contribution < 1.29 is 59.6 Å². The predicted molar refractivity (Wildman–Crippen MR) is 142 cm³/mol. The molecule has 13 heteroatoms. The van der Waals surface area contributed by atoms with Gasteiger partial charge < -0.3 is 45.2 Å². The molecule has 0 aromatic heterocycles. The maximum Gasteiger partial charge on any atom is 0.198 e. The zero-order valence-electron chi connectivity index (χ0n) is 21.1. The van der Waals surface area contributed by atoms with Gasteiger partial charge in [-0.25, -0.2) is 0 Å². The van der Waals surface area contributed by atoms with Crippen LogP contribution in [0.3, 0.4) is 0 Å². The van der Waals surface area contributed by atoms with Gasteiger partial charge in [-0.3, -0.25) is 14.4 Å². The first kappa shape index (κ1) is 29.0. The second-order valence-electron chi connectivity index (χ2n) is 10.2. The van der Waals surface area contributed by atoms with Gasteiger partial charge in [-0.2, -0.15) is 0 Å². The Morgan fingerprint density at radius 1 is 1.07 bits per heavy atom. The maximum atomic E-state index is 13.6. The van der Waals surface area contributed by atoms with Gasteiger partial charge in [-0.05, 0) is 12.5 Å². The summed E-state index contributed by atoms with van der Waals surface area (Å²) < 4.78 is 10.9. The highest BCUT2D eigenvalue weighted by Gasteiger charge is 2.51. The Bertz CT molecular complexity index is 1420. The van der Waals surface area contributed by atoms with E-state index < -0.39 is 106 Å². The first-order valence-electron chi connectivity index (χ1n) is 12.5. The number of halogens is 1. The largest absolute Gasteiger partial charge is 0.507 e. The van der Waals surface area contributed by atoms with Crippen molar-refractivity contribution in [3.05, 3.63) is 57.1 Å². The van der Waals surface area contributed by atoms with Crippen molar-refractivity contribution in [1.29, 1.82) is 0 Å². The minimum atomic E-state index is -2.30. The highest BCUT2D eigenvalue weighted by Crippen LogP contribution is 2.52. The lowest BCUT2D eigenvalue weighted by Gasteiger charge is -2.43. The monoisotopic (exact) mass is 670 g/mol. The Hall–Kier alpha value is -2.50. The second kappa shape index (κ2) is 10.4. The van der Waals surface area contributed by atoms with Crippen LogP contribution in [0.5, 0.6) is 11.5 Å². The standard InChI is InChI=1S/C27H27IO12/c1-9-20(32)25(37)19(28)26(39-9)40-13-6-27(38,14(31)8-30)5-12-16(13)24(36)18-17(22(12)34)21(33)11-4-2-3-10(7-29)15(11)23(18)35/h2-4,9,13,19-20,25-26,29-30,32,34,36-38H,5-8H2,1H3/t9?,13-,19?,20?,25?,26?,27?/m1/s1. The molecule has 0 saturated carbocycles. The molecule has 40 heavy (non-hydrogen) atoms. The molecule has 2 aromatic carbocycles. The quantitative estimate of drug-likeness (QED) is 0.108. The number of phenolic OH excluding ortho intramolecular Hbond substituents is 2. The lowest BCUT2D eigenvalue weighted by Crippen LogP contribution is -2.55. The van der Waals surface area contributed by atoms with Crippen molar-refractivity contribution in [2.45, 2.75) is 66.6 Å². The number of ketones is 3. The minimum absolute atomic E-state index is 0.103. The van der Waals surface area contributed by atoms with Crippen LogP contribution in [-0.2, 0) is 27.3 Å². The van der Waals surface area contributed by atoms with Crippen molar-refractivity contribution in [2.24, 2.45) is 0 Å². The number of carbonyl (C=O) groups is 3. The molecule has 1 aliphatic heterocycles. The molecule has 3 aliphatic rings. The number of fused-ring (bicyclic) bond motifs is 3. The van der Waals surface area contributed by atoms with Crippen LogP contribution < -0.4 is 0 Å². The molecular formula is C27H27IO12. The summed E-state index contributed by atoms with van der Waals surface area (Å²) in [4.78, 5) is 39.8. The van der Waals surface area contributed by atoms with Gasteiger partial charge in [0.05, 0.1) is 40.0 Å². The number of rotatable bonds is 5. The van der Waals surface area contributed by atoms with Crippen molar-refractivity contribution >= 4 is 39.9 Å². The molecule has 0 radical (unpaired) electrons. The van der Waals surface area contributed by atoms with Gasteiger partial charge in [0.1, 0.15) is 29.8 Å². The van der Waals surface area contributed by atoms with E-state index in [0.717, 1.165) is 0 Å². The SMILES string of the molecule is CC1OC(O[C@@H]2CC(O)(C(=O)CO)Cc3c(O)c4c(c(O)c32)C(=O)c2c(CO)cccc2C4=O)C(I)C(O)C1O. The van der Waals surface area contributed by atoms with E-state index >= 15 is 0 Å². The molecule has 214 valence electrons. The third-order valence-electron chi connectivity index (χ3n) is 7.88. The molecule has 6 unspecified atom stereocenters. The maximum absolute atomic E-state index is 13.6. The third kappa shape index (κ3) is 4.27. The van der Waals surface area contributed by atoms with E-state index in [4.69, 9.17) is 9.47 Å². The average molecular weight is 670 g/mol. The van der Waals surface area contributed by atoms with Gasteiger partial charge in [-0.15, -0.1) is 0 Å². The zero-order valence-corrected chi connectivity index (χ0v) is 23.2. The van der Waals surface area contributed by atoms with Crippen LogP contribution in [0, 0.1) is 0 Å². The number of phenols is 2. The Morgan fingerprint density at radius 2 is 1.75 bits per heavy atom. The molecule has 2 aliphatic carbocycles. The van der Waals surface area contributed by atoms with E-state index in [1.807, 2.05) is 0 Å². The van der Waals surface area contributed by atoms with Crippen LogP contribution in [-0.4, -0.2) is 93.8 Å². The van der Waals surface area contributed by atoms with Crippen LogP contribution in [0.1, 0.15) is 68.0 Å². The molecule has 5 rings (SSSR count). The van der Waals surface area contributed by atoms with Crippen LogP contribution in [0.4, 0.5) is 0 Å². The third-order valence-corrected chi connectivity index (χ3v) is 9.20. The van der Waals surface area contributed by atoms with E-state index in [-0.39, 0.29) is 27.8 Å². The molecule has 0 bridgehead atoms. The van der Waals surface area contributed by atoms with Crippen LogP contribution in [0.2, 0.25) is 0 Å². The van der Waals surface area contributed by atoms with Crippen LogP contribution in [0.25, 0.3) is 0 Å². The molecule has 1 saturated heterocycles. The number of carbonyl (C=O) groups excluding carboxylic acids is 3. The average Bonchev–Trinajstić information content (AvgIpc) is 2.94. The van der Waals surface area contributed by atoms with E-state index in [0.29, 0.717) is 0 Å². The van der Waals surface area contributed by atoms with E-state index in [1.165, 1.54) is 25.1 Å². The number of benzene rings is 2. The summed E-state index contributed by atoms with van der Waals surface area (Å²) in [5.41, 5.74) is -3.88. The number of aromatic hydroxyl groups is 2. The van der Waals surface area contributed by atoms with Gasteiger partial charge in [-0.1, -0.05) is 40.8 Å². The molecule has 7 N–H and O–H groups in total. The summed E-state index contributed by atoms with van der Waals surface area (Å²) in [6, 6.07) is 4.24. The van der Waals surface area contributed by atoms with E-state index in [9.17, 15) is 50.1 Å². The summed E-state index contributed by atoms with van der Waals surface area (Å²) in [6.45, 7) is -0.130. The normalized spacial score (nSPS) is 31.4. The molecule has 0 spiro atoms. The number of aliphatic hydroxyl groups excluding tert-OH is 4. The second-order valence-corrected chi connectivity index (χ2v) is 11.7. The predicted octanol–water partition coefficient (Wildman–Crippen LogP) is -0.0679. The zero-order chi connectivity index (χ0) is 29.3. The number of Topliss-reactive ketones (excluding diaryl/α,β-unsaturated/α-hetero) is 1. The lowest BCUT2D eigenvalue weighted by atomic mass is 9.71. The van der Waals surface area contributed by atoms with E-state index in [2.05, 4.69) is 0 Å². The Kier molecular flexibility index (Phi) is 7.54. The molecule has 7 atom stereocenters. The summed E-state index contributed by atoms with van der Waals surface area (Å²) in [7, 11) is 0. The summed E-state index contributed by atoms with van der Waals surface area (Å²) >= 11 is 1.80. The number of hydrogen-bond donors (Lipinski definition) is 7. The fourth-order valence-corrected chi connectivity index (χ4v) is 6.49. The summed E-state index contributed by atoms with van der Waals surface area (Å²) in [6.07, 6.45) is -7.23. The Balaban J connectivity index is 1.70. The summed E-state index contributed by atoms with van der Waals surface area (Å²) in [5.74, 6) is -4.13.